The molecule has 5 nitrogen and oxygen atoms in total. The highest BCUT2D eigenvalue weighted by molar-refractivity contribution is 6.30. The van der Waals surface area contributed by atoms with E-state index in [1.165, 1.54) is 12.3 Å². The summed E-state index contributed by atoms with van der Waals surface area (Å²) in [4.78, 5) is 12.1. The van der Waals surface area contributed by atoms with Gasteiger partial charge in [0, 0.05) is 24.8 Å². The molecule has 1 heterocycles. The Morgan fingerprint density at radius 3 is 2.91 bits per heavy atom. The van der Waals surface area contributed by atoms with E-state index >= 15 is 0 Å². The van der Waals surface area contributed by atoms with Gasteiger partial charge in [-0.3, -0.25) is 4.79 Å². The fourth-order valence-electron chi connectivity index (χ4n) is 1.99. The Kier molecular flexibility index (Phi) is 5.98. The number of nitrogens with zero attached hydrogens (tertiary/aromatic N) is 1. The van der Waals surface area contributed by atoms with E-state index in [-0.39, 0.29) is 18.2 Å². The molecular weight excluding hydrogens is 316 g/mol. The Morgan fingerprint density at radius 2 is 2.30 bits per heavy atom. The summed E-state index contributed by atoms with van der Waals surface area (Å²) in [6, 6.07) is 12.4. The van der Waals surface area contributed by atoms with Gasteiger partial charge in [-0.1, -0.05) is 23.7 Å². The number of carbonyl (C=O) groups is 1. The molecule has 0 fully saturated rings. The summed E-state index contributed by atoms with van der Waals surface area (Å²) in [5.41, 5.74) is 0.801. The van der Waals surface area contributed by atoms with Crippen LogP contribution in [-0.4, -0.2) is 19.6 Å². The van der Waals surface area contributed by atoms with Crippen LogP contribution in [0.2, 0.25) is 5.02 Å². The molecule has 0 saturated heterocycles. The van der Waals surface area contributed by atoms with Gasteiger partial charge in [0.1, 0.15) is 17.4 Å². The zero-order valence-corrected chi connectivity index (χ0v) is 13.2. The van der Waals surface area contributed by atoms with Crippen LogP contribution in [0, 0.1) is 11.3 Å². The summed E-state index contributed by atoms with van der Waals surface area (Å²) in [6.07, 6.45) is 2.50. The van der Waals surface area contributed by atoms with Gasteiger partial charge in [0.2, 0.25) is 0 Å². The molecule has 0 bridgehead atoms. The maximum atomic E-state index is 12.1. The number of furan rings is 1. The maximum Gasteiger partial charge on any atom is 0.262 e. The van der Waals surface area contributed by atoms with Crippen molar-refractivity contribution in [2.45, 2.75) is 6.10 Å². The highest BCUT2D eigenvalue weighted by Gasteiger charge is 2.15. The molecular formula is C17H15ClN2O3. The molecule has 118 valence electrons. The quantitative estimate of drug-likeness (QED) is 0.651. The Balaban J connectivity index is 2.03. The van der Waals surface area contributed by atoms with E-state index in [1.54, 1.807) is 31.4 Å². The Hall–Kier alpha value is -2.55. The van der Waals surface area contributed by atoms with Crippen LogP contribution in [-0.2, 0) is 9.53 Å². The summed E-state index contributed by atoms with van der Waals surface area (Å²) in [7, 11) is 1.54. The molecule has 1 unspecified atom stereocenters. The number of benzene rings is 1. The molecule has 1 N–H and O–H groups in total. The lowest BCUT2D eigenvalue weighted by Crippen LogP contribution is -2.30. The van der Waals surface area contributed by atoms with Crippen molar-refractivity contribution < 1.29 is 13.9 Å². The van der Waals surface area contributed by atoms with Crippen LogP contribution in [0.15, 0.2) is 52.7 Å². The first kappa shape index (κ1) is 16.8. The number of nitriles is 1. The molecule has 0 spiro atoms. The van der Waals surface area contributed by atoms with E-state index in [2.05, 4.69) is 5.32 Å². The van der Waals surface area contributed by atoms with Gasteiger partial charge in [0.15, 0.2) is 0 Å². The highest BCUT2D eigenvalue weighted by Crippen LogP contribution is 2.20. The number of methoxy groups -OCH3 is 1. The number of amides is 1. The number of halogens is 1. The van der Waals surface area contributed by atoms with Gasteiger partial charge in [0.25, 0.3) is 5.91 Å². The van der Waals surface area contributed by atoms with E-state index in [9.17, 15) is 4.79 Å². The SMILES string of the molecule is COC(CNC(=O)/C(C#N)=C\c1ccco1)c1cccc(Cl)c1. The van der Waals surface area contributed by atoms with E-state index < -0.39 is 5.91 Å². The molecule has 2 aromatic rings. The van der Waals surface area contributed by atoms with Crippen LogP contribution in [0.3, 0.4) is 0 Å². The first-order chi connectivity index (χ1) is 11.1. The molecule has 0 aliphatic carbocycles. The van der Waals surface area contributed by atoms with E-state index in [4.69, 9.17) is 26.0 Å². The van der Waals surface area contributed by atoms with Crippen molar-refractivity contribution in [2.75, 3.05) is 13.7 Å². The number of nitrogens with one attached hydrogen (secondary N) is 1. The fraction of sp³-hybridized carbons (Fsp3) is 0.176. The van der Waals surface area contributed by atoms with Crippen LogP contribution in [0.25, 0.3) is 6.08 Å². The summed E-state index contributed by atoms with van der Waals surface area (Å²) in [5.74, 6) is -0.0530. The lowest BCUT2D eigenvalue weighted by Gasteiger charge is -2.16. The molecule has 1 atom stereocenters. The molecule has 23 heavy (non-hydrogen) atoms. The second kappa shape index (κ2) is 8.18. The first-order valence-corrected chi connectivity index (χ1v) is 7.23. The molecule has 2 rings (SSSR count). The molecule has 6 heteroatoms. The normalized spacial score (nSPS) is 12.5. The lowest BCUT2D eigenvalue weighted by molar-refractivity contribution is -0.117. The summed E-state index contributed by atoms with van der Waals surface area (Å²) in [5, 5.41) is 12.4. The van der Waals surface area contributed by atoms with Gasteiger partial charge < -0.3 is 14.5 Å². The third kappa shape index (κ3) is 4.71. The van der Waals surface area contributed by atoms with Crippen LogP contribution in [0.4, 0.5) is 0 Å². The largest absolute Gasteiger partial charge is 0.465 e. The van der Waals surface area contributed by atoms with Crippen LogP contribution >= 0.6 is 11.6 Å². The molecule has 1 amide bonds. The zero-order chi connectivity index (χ0) is 16.7. The van der Waals surface area contributed by atoms with Gasteiger partial charge >= 0.3 is 0 Å². The summed E-state index contributed by atoms with van der Waals surface area (Å²) in [6.45, 7) is 0.215. The Morgan fingerprint density at radius 1 is 1.48 bits per heavy atom. The molecule has 0 radical (unpaired) electrons. The average molecular weight is 331 g/mol. The number of rotatable bonds is 6. The highest BCUT2D eigenvalue weighted by atomic mass is 35.5. The van der Waals surface area contributed by atoms with Crippen molar-refractivity contribution in [3.05, 3.63) is 64.6 Å². The number of hydrogen-bond donors (Lipinski definition) is 1. The smallest absolute Gasteiger partial charge is 0.262 e. The van der Waals surface area contributed by atoms with Gasteiger partial charge in [-0.2, -0.15) is 5.26 Å². The summed E-state index contributed by atoms with van der Waals surface area (Å²) < 4.78 is 10.5. The third-order valence-electron chi connectivity index (χ3n) is 3.15. The van der Waals surface area contributed by atoms with Crippen molar-refractivity contribution in [1.29, 1.82) is 5.26 Å². The van der Waals surface area contributed by atoms with Crippen molar-refractivity contribution in [2.24, 2.45) is 0 Å². The van der Waals surface area contributed by atoms with E-state index in [0.717, 1.165) is 5.56 Å². The van der Waals surface area contributed by atoms with Crippen molar-refractivity contribution in [3.8, 4) is 6.07 Å². The first-order valence-electron chi connectivity index (χ1n) is 6.86. The van der Waals surface area contributed by atoms with Crippen molar-refractivity contribution in [1.82, 2.24) is 5.32 Å². The minimum absolute atomic E-state index is 0.0408. The monoisotopic (exact) mass is 330 g/mol. The van der Waals surface area contributed by atoms with Crippen LogP contribution < -0.4 is 5.32 Å². The van der Waals surface area contributed by atoms with Crippen molar-refractivity contribution in [3.63, 3.8) is 0 Å². The Bertz CT molecular complexity index is 733. The van der Waals surface area contributed by atoms with E-state index in [1.807, 2.05) is 18.2 Å². The zero-order valence-electron chi connectivity index (χ0n) is 12.5. The van der Waals surface area contributed by atoms with Gasteiger partial charge in [-0.15, -0.1) is 0 Å². The maximum absolute atomic E-state index is 12.1. The Labute approximate surface area is 139 Å². The molecule has 0 saturated carbocycles. The molecule has 0 aliphatic rings. The second-order valence-corrected chi connectivity index (χ2v) is 5.11. The standard InChI is InChI=1S/C17H15ClN2O3/c1-22-16(12-4-2-5-14(18)8-12)11-20-17(21)13(10-19)9-15-6-3-7-23-15/h2-9,16H,11H2,1H3,(H,20,21)/b13-9-. The van der Waals surface area contributed by atoms with Crippen LogP contribution in [0.5, 0.6) is 0 Å². The van der Waals surface area contributed by atoms with E-state index in [0.29, 0.717) is 10.8 Å². The summed E-state index contributed by atoms with van der Waals surface area (Å²) >= 11 is 5.96. The minimum Gasteiger partial charge on any atom is -0.465 e. The predicted molar refractivity (Wildman–Crippen MR) is 86.5 cm³/mol. The second-order valence-electron chi connectivity index (χ2n) is 4.67. The predicted octanol–water partition coefficient (Wildman–Crippen LogP) is 3.34. The van der Waals surface area contributed by atoms with Gasteiger partial charge in [0.05, 0.1) is 12.4 Å². The third-order valence-corrected chi connectivity index (χ3v) is 3.38. The van der Waals surface area contributed by atoms with Crippen molar-refractivity contribution >= 4 is 23.6 Å². The number of carbonyl (C=O) groups excluding carboxylic acids is 1. The molecule has 1 aromatic carbocycles. The fourth-order valence-corrected chi connectivity index (χ4v) is 2.19. The van der Waals surface area contributed by atoms with Gasteiger partial charge in [-0.05, 0) is 29.8 Å². The average Bonchev–Trinajstić information content (AvgIpc) is 3.06. The lowest BCUT2D eigenvalue weighted by atomic mass is 10.1. The minimum atomic E-state index is -0.493. The van der Waals surface area contributed by atoms with Gasteiger partial charge in [-0.25, -0.2) is 0 Å². The molecule has 0 aliphatic heterocycles. The number of hydrogen-bond acceptors (Lipinski definition) is 4. The van der Waals surface area contributed by atoms with Crippen LogP contribution in [0.1, 0.15) is 17.4 Å². The molecule has 1 aromatic heterocycles. The number of ether oxygens (including phenoxy) is 1. The topological polar surface area (TPSA) is 75.3 Å².